The molecule has 4 aromatic rings. The zero-order chi connectivity index (χ0) is 27.4. The van der Waals surface area contributed by atoms with E-state index in [1.54, 1.807) is 0 Å². The molecule has 0 amide bonds. The maximum Gasteiger partial charge on any atom is 0.138 e. The molecule has 0 radical (unpaired) electrons. The second-order valence-corrected chi connectivity index (χ2v) is 13.8. The Kier molecular flexibility index (Phi) is 5.05. The van der Waals surface area contributed by atoms with Crippen LogP contribution < -0.4 is 0 Å². The van der Waals surface area contributed by atoms with E-state index < -0.39 is 6.10 Å². The minimum Gasteiger partial charge on any atom is -0.380 e. The molecular formula is C35H36N4O. The summed E-state index contributed by atoms with van der Waals surface area (Å²) in [5, 5.41) is 11.3. The number of aliphatic hydroxyl groups excluding tert-OH is 1. The summed E-state index contributed by atoms with van der Waals surface area (Å²) in [6, 6.07) is 20.3. The Morgan fingerprint density at radius 2 is 1.02 bits per heavy atom. The molecule has 6 aliphatic rings. The fourth-order valence-electron chi connectivity index (χ4n) is 8.16. The lowest BCUT2D eigenvalue weighted by Gasteiger charge is -2.56. The molecule has 202 valence electrons. The van der Waals surface area contributed by atoms with Gasteiger partial charge in [0.1, 0.15) is 6.10 Å². The van der Waals surface area contributed by atoms with Gasteiger partial charge in [-0.3, -0.25) is 9.97 Å². The maximum atomic E-state index is 11.3. The SMILES string of the molecule is CC1(C)C2Cc3nc(-c4cccc(C(O)c5cccc(-c6ccc7c(n6)CC6CC7C6(C)C)n5)n4)ccc3C1C2. The fourth-order valence-corrected chi connectivity index (χ4v) is 8.16. The summed E-state index contributed by atoms with van der Waals surface area (Å²) in [5.74, 6) is 2.66. The highest BCUT2D eigenvalue weighted by atomic mass is 16.3. The first-order valence-electron chi connectivity index (χ1n) is 14.8. The van der Waals surface area contributed by atoms with Gasteiger partial charge in [-0.05, 0) is 108 Å². The van der Waals surface area contributed by atoms with Crippen LogP contribution in [0.3, 0.4) is 0 Å². The van der Waals surface area contributed by atoms with Crippen LogP contribution in [0, 0.1) is 22.7 Å². The zero-order valence-electron chi connectivity index (χ0n) is 23.7. The van der Waals surface area contributed by atoms with E-state index in [0.717, 1.165) is 35.6 Å². The summed E-state index contributed by atoms with van der Waals surface area (Å²) < 4.78 is 0. The third kappa shape index (κ3) is 3.43. The first-order valence-corrected chi connectivity index (χ1v) is 14.8. The van der Waals surface area contributed by atoms with Gasteiger partial charge in [0.25, 0.3) is 0 Å². The minimum absolute atomic E-state index is 0.381. The second kappa shape index (κ2) is 8.29. The van der Waals surface area contributed by atoms with Crippen molar-refractivity contribution in [3.8, 4) is 22.8 Å². The lowest BCUT2D eigenvalue weighted by molar-refractivity contribution is 0.0170. The number of aliphatic hydroxyl groups is 1. The van der Waals surface area contributed by atoms with Crippen LogP contribution in [0.4, 0.5) is 0 Å². The molecule has 0 saturated heterocycles. The van der Waals surface area contributed by atoms with Gasteiger partial charge >= 0.3 is 0 Å². The van der Waals surface area contributed by atoms with Crippen LogP contribution in [-0.2, 0) is 12.8 Å². The van der Waals surface area contributed by atoms with E-state index in [9.17, 15) is 5.11 Å². The number of aromatic nitrogens is 4. The Labute approximate surface area is 236 Å². The predicted molar refractivity (Wildman–Crippen MR) is 156 cm³/mol. The molecule has 4 aromatic heterocycles. The highest BCUT2D eigenvalue weighted by Gasteiger charge is 2.53. The van der Waals surface area contributed by atoms with Crippen molar-refractivity contribution in [1.82, 2.24) is 19.9 Å². The Morgan fingerprint density at radius 1 is 0.600 bits per heavy atom. The van der Waals surface area contributed by atoms with Gasteiger partial charge in [0.15, 0.2) is 0 Å². The number of nitrogens with zero attached hydrogens (tertiary/aromatic N) is 4. The molecule has 6 aliphatic carbocycles. The molecule has 1 N–H and O–H groups in total. The van der Waals surface area contributed by atoms with Crippen LogP contribution >= 0.6 is 0 Å². The number of rotatable bonds is 4. The van der Waals surface area contributed by atoms with Crippen LogP contribution in [0.25, 0.3) is 22.8 Å². The molecule has 5 heteroatoms. The van der Waals surface area contributed by atoms with Crippen molar-refractivity contribution in [1.29, 1.82) is 0 Å². The Morgan fingerprint density at radius 3 is 1.45 bits per heavy atom. The molecule has 0 aromatic carbocycles. The van der Waals surface area contributed by atoms with Crippen molar-refractivity contribution in [2.45, 2.75) is 71.3 Å². The van der Waals surface area contributed by atoms with E-state index in [-0.39, 0.29) is 0 Å². The zero-order valence-corrected chi connectivity index (χ0v) is 23.7. The van der Waals surface area contributed by atoms with Crippen molar-refractivity contribution in [2.75, 3.05) is 0 Å². The first-order chi connectivity index (χ1) is 19.2. The van der Waals surface area contributed by atoms with Crippen molar-refractivity contribution < 1.29 is 5.11 Å². The highest BCUT2D eigenvalue weighted by molar-refractivity contribution is 5.58. The summed E-state index contributed by atoms with van der Waals surface area (Å²) >= 11 is 0. The lowest BCUT2D eigenvalue weighted by Crippen LogP contribution is -2.48. The van der Waals surface area contributed by atoms with Crippen LogP contribution in [0.5, 0.6) is 0 Å². The smallest absolute Gasteiger partial charge is 0.138 e. The van der Waals surface area contributed by atoms with E-state index in [0.29, 0.717) is 45.9 Å². The predicted octanol–water partition coefficient (Wildman–Crippen LogP) is 7.05. The van der Waals surface area contributed by atoms with Crippen LogP contribution in [0.15, 0.2) is 60.7 Å². The Hall–Kier alpha value is -3.44. The van der Waals surface area contributed by atoms with Gasteiger partial charge in [0.05, 0.1) is 34.2 Å². The van der Waals surface area contributed by atoms with Crippen LogP contribution in [0.2, 0.25) is 0 Å². The van der Waals surface area contributed by atoms with E-state index in [1.807, 2.05) is 36.4 Å². The summed E-state index contributed by atoms with van der Waals surface area (Å²) in [5.41, 5.74) is 10.5. The van der Waals surface area contributed by atoms with E-state index in [4.69, 9.17) is 19.9 Å². The topological polar surface area (TPSA) is 71.8 Å². The summed E-state index contributed by atoms with van der Waals surface area (Å²) in [4.78, 5) is 19.8. The number of hydrogen-bond acceptors (Lipinski definition) is 5. The molecule has 40 heavy (non-hydrogen) atoms. The maximum absolute atomic E-state index is 11.3. The van der Waals surface area contributed by atoms with Gasteiger partial charge in [0, 0.05) is 11.4 Å². The normalized spacial score (nSPS) is 27.0. The van der Waals surface area contributed by atoms with Crippen LogP contribution in [-0.4, -0.2) is 25.0 Å². The Bertz CT molecular complexity index is 1550. The van der Waals surface area contributed by atoms with Gasteiger partial charge in [-0.1, -0.05) is 52.0 Å². The number of pyridine rings is 4. The first kappa shape index (κ1) is 24.4. The van der Waals surface area contributed by atoms with E-state index in [1.165, 1.54) is 35.4 Å². The summed E-state index contributed by atoms with van der Waals surface area (Å²) in [6.45, 7) is 9.57. The third-order valence-corrected chi connectivity index (χ3v) is 11.2. The minimum atomic E-state index is -0.933. The molecular weight excluding hydrogens is 492 g/mol. The van der Waals surface area contributed by atoms with Gasteiger partial charge in [-0.2, -0.15) is 0 Å². The molecule has 4 heterocycles. The van der Waals surface area contributed by atoms with Gasteiger partial charge < -0.3 is 5.11 Å². The Balaban J connectivity index is 1.07. The molecule has 0 aliphatic heterocycles. The molecule has 5 nitrogen and oxygen atoms in total. The third-order valence-electron chi connectivity index (χ3n) is 11.2. The van der Waals surface area contributed by atoms with E-state index >= 15 is 0 Å². The summed E-state index contributed by atoms with van der Waals surface area (Å²) in [6.07, 6.45) is 3.72. The average molecular weight is 529 g/mol. The molecule has 2 saturated carbocycles. The van der Waals surface area contributed by atoms with Crippen molar-refractivity contribution in [2.24, 2.45) is 22.7 Å². The molecule has 4 atom stereocenters. The van der Waals surface area contributed by atoms with Crippen LogP contribution in [0.1, 0.15) is 92.4 Å². The molecule has 10 rings (SSSR count). The fraction of sp³-hybridized carbons (Fsp3) is 0.429. The largest absolute Gasteiger partial charge is 0.380 e. The van der Waals surface area contributed by atoms with Crippen molar-refractivity contribution >= 4 is 0 Å². The average Bonchev–Trinajstić information content (AvgIpc) is 2.99. The summed E-state index contributed by atoms with van der Waals surface area (Å²) in [7, 11) is 0. The number of hydrogen-bond donors (Lipinski definition) is 1. The quantitative estimate of drug-likeness (QED) is 0.307. The van der Waals surface area contributed by atoms with E-state index in [2.05, 4.69) is 52.0 Å². The molecule has 4 bridgehead atoms. The lowest BCUT2D eigenvalue weighted by atomic mass is 9.48. The monoisotopic (exact) mass is 528 g/mol. The highest BCUT2D eigenvalue weighted by Crippen LogP contribution is 2.62. The molecule has 4 unspecified atom stereocenters. The molecule has 2 fully saturated rings. The molecule has 0 spiro atoms. The van der Waals surface area contributed by atoms with Crippen molar-refractivity contribution in [3.05, 3.63) is 94.6 Å². The van der Waals surface area contributed by atoms with Crippen molar-refractivity contribution in [3.63, 3.8) is 0 Å². The van der Waals surface area contributed by atoms with Gasteiger partial charge in [-0.25, -0.2) is 9.97 Å². The standard InChI is InChI=1S/C35H36N4O/c1-34(2)19-15-23(34)21-11-13-27(38-31(21)17-19)25-7-5-9-29(36-25)33(40)30-10-6-8-26(37-30)28-14-12-22-24-16-20(35(24,3)4)18-32(22)39-28/h5-14,19-20,23-24,33,40H,15-18H2,1-4H3. The van der Waals surface area contributed by atoms with Gasteiger partial charge in [0.2, 0.25) is 0 Å². The second-order valence-electron chi connectivity index (χ2n) is 13.8. The van der Waals surface area contributed by atoms with Gasteiger partial charge in [-0.15, -0.1) is 0 Å².